The highest BCUT2D eigenvalue weighted by molar-refractivity contribution is 6.31. The molecular weight excluding hydrogens is 352 g/mol. The second-order valence-corrected chi connectivity index (χ2v) is 6.85. The molecule has 1 amide bonds. The average molecular weight is 375 g/mol. The minimum Gasteiger partial charge on any atom is -0.491 e. The minimum absolute atomic E-state index is 0.0502. The maximum absolute atomic E-state index is 12.7. The highest BCUT2D eigenvalue weighted by atomic mass is 35.5. The molecule has 0 saturated carbocycles. The molecule has 0 aromatic heterocycles. The quantitative estimate of drug-likeness (QED) is 0.851. The lowest BCUT2D eigenvalue weighted by Gasteiger charge is -2.30. The van der Waals surface area contributed by atoms with Crippen molar-refractivity contribution in [2.24, 2.45) is 0 Å². The van der Waals surface area contributed by atoms with Gasteiger partial charge in [-0.05, 0) is 50.2 Å². The number of carbonyl (C=O) groups is 1. The van der Waals surface area contributed by atoms with E-state index in [1.54, 1.807) is 18.2 Å². The molecule has 3 rings (SSSR count). The zero-order valence-electron chi connectivity index (χ0n) is 15.0. The van der Waals surface area contributed by atoms with Crippen molar-refractivity contribution < 1.29 is 14.3 Å². The van der Waals surface area contributed by atoms with E-state index < -0.39 is 0 Å². The Labute approximate surface area is 158 Å². The standard InChI is InChI=1S/C20H23ClN2O3/c1-14(2)26-17-5-3-4-15(12-17)20(24)22-18-13-16(21)6-7-19(18)23-8-10-25-11-9-23/h3-7,12-14H,8-11H2,1-2H3,(H,22,24). The lowest BCUT2D eigenvalue weighted by Crippen LogP contribution is -2.36. The third kappa shape index (κ3) is 4.68. The van der Waals surface area contributed by atoms with Crippen molar-refractivity contribution in [2.75, 3.05) is 36.5 Å². The van der Waals surface area contributed by atoms with Crippen LogP contribution in [0.4, 0.5) is 11.4 Å². The smallest absolute Gasteiger partial charge is 0.255 e. The zero-order chi connectivity index (χ0) is 18.5. The maximum Gasteiger partial charge on any atom is 0.255 e. The van der Waals surface area contributed by atoms with Crippen LogP contribution in [0.3, 0.4) is 0 Å². The van der Waals surface area contributed by atoms with E-state index in [9.17, 15) is 4.79 Å². The molecule has 0 spiro atoms. The summed E-state index contributed by atoms with van der Waals surface area (Å²) in [5.41, 5.74) is 2.18. The molecule has 2 aromatic rings. The molecule has 1 aliphatic rings. The fourth-order valence-corrected chi connectivity index (χ4v) is 3.04. The molecule has 1 fully saturated rings. The van der Waals surface area contributed by atoms with E-state index in [0.29, 0.717) is 35.2 Å². The molecular formula is C20H23ClN2O3. The maximum atomic E-state index is 12.7. The van der Waals surface area contributed by atoms with Crippen LogP contribution in [0.2, 0.25) is 5.02 Å². The first-order valence-corrected chi connectivity index (χ1v) is 9.11. The first-order chi connectivity index (χ1) is 12.5. The highest BCUT2D eigenvalue weighted by Gasteiger charge is 2.17. The van der Waals surface area contributed by atoms with Gasteiger partial charge in [0.2, 0.25) is 0 Å². The first-order valence-electron chi connectivity index (χ1n) is 8.73. The number of benzene rings is 2. The van der Waals surface area contributed by atoms with Crippen molar-refractivity contribution in [1.82, 2.24) is 0 Å². The summed E-state index contributed by atoms with van der Waals surface area (Å²) in [5.74, 6) is 0.475. The summed E-state index contributed by atoms with van der Waals surface area (Å²) in [6, 6.07) is 12.7. The van der Waals surface area contributed by atoms with Crippen LogP contribution in [-0.2, 0) is 4.74 Å². The van der Waals surface area contributed by atoms with E-state index in [1.807, 2.05) is 38.1 Å². The second kappa shape index (κ2) is 8.43. The Morgan fingerprint density at radius 3 is 2.69 bits per heavy atom. The molecule has 6 heteroatoms. The van der Waals surface area contributed by atoms with E-state index in [2.05, 4.69) is 10.2 Å². The van der Waals surface area contributed by atoms with E-state index in [0.717, 1.165) is 18.8 Å². The Balaban J connectivity index is 1.81. The van der Waals surface area contributed by atoms with Gasteiger partial charge in [0.15, 0.2) is 0 Å². The van der Waals surface area contributed by atoms with Crippen molar-refractivity contribution in [1.29, 1.82) is 0 Å². The summed E-state index contributed by atoms with van der Waals surface area (Å²) in [5, 5.41) is 3.56. The van der Waals surface area contributed by atoms with Gasteiger partial charge in [-0.15, -0.1) is 0 Å². The van der Waals surface area contributed by atoms with Crippen LogP contribution in [0.5, 0.6) is 5.75 Å². The molecule has 1 aliphatic heterocycles. The molecule has 26 heavy (non-hydrogen) atoms. The van der Waals surface area contributed by atoms with Crippen LogP contribution >= 0.6 is 11.6 Å². The van der Waals surface area contributed by atoms with Gasteiger partial charge in [0.05, 0.1) is 30.7 Å². The highest BCUT2D eigenvalue weighted by Crippen LogP contribution is 2.30. The van der Waals surface area contributed by atoms with Crippen LogP contribution in [-0.4, -0.2) is 38.3 Å². The fraction of sp³-hybridized carbons (Fsp3) is 0.350. The van der Waals surface area contributed by atoms with Crippen LogP contribution in [0.15, 0.2) is 42.5 Å². The molecule has 0 aliphatic carbocycles. The van der Waals surface area contributed by atoms with Gasteiger partial charge in [0, 0.05) is 23.7 Å². The number of amides is 1. The van der Waals surface area contributed by atoms with Crippen molar-refractivity contribution in [3.05, 3.63) is 53.1 Å². The van der Waals surface area contributed by atoms with Gasteiger partial charge in [-0.2, -0.15) is 0 Å². The van der Waals surface area contributed by atoms with Gasteiger partial charge in [-0.1, -0.05) is 17.7 Å². The molecule has 2 aromatic carbocycles. The van der Waals surface area contributed by atoms with Gasteiger partial charge >= 0.3 is 0 Å². The number of carbonyl (C=O) groups excluding carboxylic acids is 1. The normalized spacial score (nSPS) is 14.4. The van der Waals surface area contributed by atoms with E-state index in [4.69, 9.17) is 21.1 Å². The summed E-state index contributed by atoms with van der Waals surface area (Å²) >= 11 is 6.15. The van der Waals surface area contributed by atoms with Gasteiger partial charge in [-0.3, -0.25) is 4.79 Å². The number of morpholine rings is 1. The lowest BCUT2D eigenvalue weighted by atomic mass is 10.1. The van der Waals surface area contributed by atoms with Crippen LogP contribution in [0.1, 0.15) is 24.2 Å². The fourth-order valence-electron chi connectivity index (χ4n) is 2.87. The number of ether oxygens (including phenoxy) is 2. The third-order valence-electron chi connectivity index (χ3n) is 4.03. The summed E-state index contributed by atoms with van der Waals surface area (Å²) in [7, 11) is 0. The Kier molecular flexibility index (Phi) is 6.01. The predicted molar refractivity (Wildman–Crippen MR) is 105 cm³/mol. The van der Waals surface area contributed by atoms with Crippen molar-refractivity contribution >= 4 is 28.9 Å². The third-order valence-corrected chi connectivity index (χ3v) is 4.26. The van der Waals surface area contributed by atoms with Crippen LogP contribution in [0.25, 0.3) is 0 Å². The summed E-state index contributed by atoms with van der Waals surface area (Å²) in [6.45, 7) is 6.81. The lowest BCUT2D eigenvalue weighted by molar-refractivity contribution is 0.102. The number of hydrogen-bond acceptors (Lipinski definition) is 4. The summed E-state index contributed by atoms with van der Waals surface area (Å²) < 4.78 is 11.1. The largest absolute Gasteiger partial charge is 0.491 e. The molecule has 1 heterocycles. The molecule has 0 radical (unpaired) electrons. The van der Waals surface area contributed by atoms with Crippen LogP contribution in [0, 0.1) is 0 Å². The van der Waals surface area contributed by atoms with Crippen molar-refractivity contribution in [2.45, 2.75) is 20.0 Å². The number of nitrogens with zero attached hydrogens (tertiary/aromatic N) is 1. The molecule has 0 unspecified atom stereocenters. The van der Waals surface area contributed by atoms with E-state index in [-0.39, 0.29) is 12.0 Å². The number of nitrogens with one attached hydrogen (secondary N) is 1. The molecule has 5 nitrogen and oxygen atoms in total. The van der Waals surface area contributed by atoms with E-state index in [1.165, 1.54) is 0 Å². The van der Waals surface area contributed by atoms with Crippen LogP contribution < -0.4 is 15.0 Å². The number of hydrogen-bond donors (Lipinski definition) is 1. The van der Waals surface area contributed by atoms with Crippen molar-refractivity contribution in [3.63, 3.8) is 0 Å². The molecule has 0 atom stereocenters. The van der Waals surface area contributed by atoms with E-state index >= 15 is 0 Å². The van der Waals surface area contributed by atoms with Gasteiger partial charge < -0.3 is 19.7 Å². The first kappa shape index (κ1) is 18.5. The zero-order valence-corrected chi connectivity index (χ0v) is 15.8. The average Bonchev–Trinajstić information content (AvgIpc) is 2.62. The topological polar surface area (TPSA) is 50.8 Å². The Morgan fingerprint density at radius 1 is 1.19 bits per heavy atom. The summed E-state index contributed by atoms with van der Waals surface area (Å²) in [6.07, 6.45) is 0.0502. The van der Waals surface area contributed by atoms with Gasteiger partial charge in [-0.25, -0.2) is 0 Å². The SMILES string of the molecule is CC(C)Oc1cccc(C(=O)Nc2cc(Cl)ccc2N2CCOCC2)c1. The Hall–Kier alpha value is -2.24. The van der Waals surface area contributed by atoms with Crippen molar-refractivity contribution in [3.8, 4) is 5.75 Å². The number of rotatable bonds is 5. The molecule has 1 saturated heterocycles. The Morgan fingerprint density at radius 2 is 1.96 bits per heavy atom. The van der Waals surface area contributed by atoms with Gasteiger partial charge in [0.25, 0.3) is 5.91 Å². The predicted octanol–water partition coefficient (Wildman–Crippen LogP) is 4.22. The van der Waals surface area contributed by atoms with Gasteiger partial charge in [0.1, 0.15) is 5.75 Å². The number of anilines is 2. The molecule has 1 N–H and O–H groups in total. The second-order valence-electron chi connectivity index (χ2n) is 6.41. The molecule has 0 bridgehead atoms. The minimum atomic E-state index is -0.198. The number of halogens is 1. The molecule has 138 valence electrons. The Bertz CT molecular complexity index is 773. The monoisotopic (exact) mass is 374 g/mol. The summed E-state index contributed by atoms with van der Waals surface area (Å²) in [4.78, 5) is 14.9.